The highest BCUT2D eigenvalue weighted by Crippen LogP contribution is 2.30. The number of amides is 1. The number of benzene rings is 1. The van der Waals surface area contributed by atoms with E-state index in [4.69, 9.17) is 5.14 Å². The first-order valence-electron chi connectivity index (χ1n) is 6.58. The SMILES string of the molecule is Cc1ccc(S(N)(=O)=O)cc1C(=O)N1CCCC1(C)C. The van der Waals surface area contributed by atoms with Crippen LogP contribution in [0.25, 0.3) is 0 Å². The Hall–Kier alpha value is -1.40. The standard InChI is InChI=1S/C14H20N2O3S/c1-10-5-6-11(20(15,18)19)9-12(10)13(17)16-8-4-7-14(16,2)3/h5-6,9H,4,7-8H2,1-3H3,(H2,15,18,19). The summed E-state index contributed by atoms with van der Waals surface area (Å²) in [5.41, 5.74) is 0.970. The third-order valence-electron chi connectivity index (χ3n) is 3.91. The Kier molecular flexibility index (Phi) is 3.64. The summed E-state index contributed by atoms with van der Waals surface area (Å²) < 4.78 is 22.8. The van der Waals surface area contributed by atoms with Crippen LogP contribution in [0.2, 0.25) is 0 Å². The molecule has 5 nitrogen and oxygen atoms in total. The smallest absolute Gasteiger partial charge is 0.254 e. The molecule has 0 saturated carbocycles. The van der Waals surface area contributed by atoms with E-state index in [2.05, 4.69) is 0 Å². The van der Waals surface area contributed by atoms with Gasteiger partial charge in [-0.1, -0.05) is 6.07 Å². The number of nitrogens with zero attached hydrogens (tertiary/aromatic N) is 1. The van der Waals surface area contributed by atoms with E-state index >= 15 is 0 Å². The van der Waals surface area contributed by atoms with Crippen molar-refractivity contribution >= 4 is 15.9 Å². The monoisotopic (exact) mass is 296 g/mol. The molecular formula is C14H20N2O3S. The van der Waals surface area contributed by atoms with Gasteiger partial charge in [-0.2, -0.15) is 0 Å². The highest BCUT2D eigenvalue weighted by atomic mass is 32.2. The van der Waals surface area contributed by atoms with Crippen molar-refractivity contribution in [1.29, 1.82) is 0 Å². The summed E-state index contributed by atoms with van der Waals surface area (Å²) in [6, 6.07) is 4.42. The lowest BCUT2D eigenvalue weighted by Gasteiger charge is -2.32. The molecule has 1 aromatic carbocycles. The maximum absolute atomic E-state index is 12.7. The lowest BCUT2D eigenvalue weighted by Crippen LogP contribution is -2.42. The Morgan fingerprint density at radius 2 is 2.00 bits per heavy atom. The van der Waals surface area contributed by atoms with Crippen molar-refractivity contribution in [3.8, 4) is 0 Å². The Balaban J connectivity index is 2.45. The minimum Gasteiger partial charge on any atom is -0.334 e. The second kappa shape index (κ2) is 4.86. The van der Waals surface area contributed by atoms with Crippen molar-refractivity contribution in [2.75, 3.05) is 6.54 Å². The quantitative estimate of drug-likeness (QED) is 0.901. The summed E-state index contributed by atoms with van der Waals surface area (Å²) in [6.07, 6.45) is 1.92. The molecule has 1 heterocycles. The molecule has 1 aliphatic heterocycles. The molecule has 6 heteroatoms. The largest absolute Gasteiger partial charge is 0.334 e. The molecular weight excluding hydrogens is 276 g/mol. The lowest BCUT2D eigenvalue weighted by molar-refractivity contribution is 0.0651. The van der Waals surface area contributed by atoms with Crippen LogP contribution >= 0.6 is 0 Å². The van der Waals surface area contributed by atoms with Gasteiger partial charge < -0.3 is 4.90 Å². The predicted octanol–water partition coefficient (Wildman–Crippen LogP) is 1.66. The third kappa shape index (κ3) is 2.71. The van der Waals surface area contributed by atoms with Gasteiger partial charge in [0.05, 0.1) is 4.90 Å². The maximum atomic E-state index is 12.7. The Morgan fingerprint density at radius 1 is 1.35 bits per heavy atom. The number of rotatable bonds is 2. The number of nitrogens with two attached hydrogens (primary N) is 1. The number of aryl methyl sites for hydroxylation is 1. The molecule has 1 saturated heterocycles. The van der Waals surface area contributed by atoms with Gasteiger partial charge in [0.25, 0.3) is 5.91 Å². The molecule has 1 aromatic rings. The predicted molar refractivity (Wildman–Crippen MR) is 76.9 cm³/mol. The summed E-state index contributed by atoms with van der Waals surface area (Å²) in [4.78, 5) is 14.4. The molecule has 0 spiro atoms. The molecule has 0 aliphatic carbocycles. The zero-order valence-electron chi connectivity index (χ0n) is 12.0. The van der Waals surface area contributed by atoms with Gasteiger partial charge in [-0.05, 0) is 51.3 Å². The van der Waals surface area contributed by atoms with E-state index in [-0.39, 0.29) is 16.3 Å². The first-order valence-corrected chi connectivity index (χ1v) is 8.13. The van der Waals surface area contributed by atoms with Crippen LogP contribution in [0.4, 0.5) is 0 Å². The van der Waals surface area contributed by atoms with E-state index in [9.17, 15) is 13.2 Å². The van der Waals surface area contributed by atoms with Crippen LogP contribution in [0.1, 0.15) is 42.6 Å². The summed E-state index contributed by atoms with van der Waals surface area (Å²) in [7, 11) is -3.80. The number of sulfonamides is 1. The number of carbonyl (C=O) groups excluding carboxylic acids is 1. The van der Waals surface area contributed by atoms with Crippen molar-refractivity contribution in [3.05, 3.63) is 29.3 Å². The van der Waals surface area contributed by atoms with Crippen LogP contribution in [0, 0.1) is 6.92 Å². The Bertz CT molecular complexity index is 650. The summed E-state index contributed by atoms with van der Waals surface area (Å²) in [5, 5.41) is 5.13. The summed E-state index contributed by atoms with van der Waals surface area (Å²) >= 11 is 0. The van der Waals surface area contributed by atoms with Gasteiger partial charge in [-0.25, -0.2) is 13.6 Å². The van der Waals surface area contributed by atoms with E-state index < -0.39 is 10.0 Å². The van der Waals surface area contributed by atoms with Crippen LogP contribution in [0.5, 0.6) is 0 Å². The Labute approximate surface area is 119 Å². The summed E-state index contributed by atoms with van der Waals surface area (Å²) in [5.74, 6) is -0.129. The van der Waals surface area contributed by atoms with Crippen molar-refractivity contribution in [1.82, 2.24) is 4.90 Å². The van der Waals surface area contributed by atoms with Crippen molar-refractivity contribution < 1.29 is 13.2 Å². The first kappa shape index (κ1) is 15.0. The number of hydrogen-bond donors (Lipinski definition) is 1. The molecule has 1 aliphatic rings. The van der Waals surface area contributed by atoms with Crippen LogP contribution < -0.4 is 5.14 Å². The van der Waals surface area contributed by atoms with Gasteiger partial charge in [0, 0.05) is 17.6 Å². The van der Waals surface area contributed by atoms with Crippen LogP contribution in [-0.2, 0) is 10.0 Å². The molecule has 0 bridgehead atoms. The molecule has 0 unspecified atom stereocenters. The maximum Gasteiger partial charge on any atom is 0.254 e. The van der Waals surface area contributed by atoms with Gasteiger partial charge in [0.1, 0.15) is 0 Å². The zero-order chi connectivity index (χ0) is 15.1. The average molecular weight is 296 g/mol. The number of carbonyl (C=O) groups is 1. The molecule has 1 fully saturated rings. The topological polar surface area (TPSA) is 80.5 Å². The fraction of sp³-hybridized carbons (Fsp3) is 0.500. The highest BCUT2D eigenvalue weighted by molar-refractivity contribution is 7.89. The van der Waals surface area contributed by atoms with E-state index in [0.29, 0.717) is 12.1 Å². The fourth-order valence-corrected chi connectivity index (χ4v) is 3.18. The molecule has 110 valence electrons. The first-order chi connectivity index (χ1) is 9.13. The van der Waals surface area contributed by atoms with Gasteiger partial charge in [-0.15, -0.1) is 0 Å². The van der Waals surface area contributed by atoms with Crippen molar-refractivity contribution in [2.24, 2.45) is 5.14 Å². The molecule has 20 heavy (non-hydrogen) atoms. The molecule has 1 amide bonds. The van der Waals surface area contributed by atoms with E-state index in [0.717, 1.165) is 18.4 Å². The number of primary sulfonamides is 1. The van der Waals surface area contributed by atoms with Crippen LogP contribution in [-0.4, -0.2) is 31.3 Å². The van der Waals surface area contributed by atoms with Gasteiger partial charge in [-0.3, -0.25) is 4.79 Å². The second-order valence-electron chi connectivity index (χ2n) is 5.89. The molecule has 0 radical (unpaired) electrons. The van der Waals surface area contributed by atoms with Gasteiger partial charge >= 0.3 is 0 Å². The van der Waals surface area contributed by atoms with Crippen molar-refractivity contribution in [3.63, 3.8) is 0 Å². The molecule has 0 atom stereocenters. The van der Waals surface area contributed by atoms with Crippen molar-refractivity contribution in [2.45, 2.75) is 44.0 Å². The number of hydrogen-bond acceptors (Lipinski definition) is 3. The zero-order valence-corrected chi connectivity index (χ0v) is 12.8. The molecule has 0 aromatic heterocycles. The van der Waals surface area contributed by atoms with Crippen LogP contribution in [0.15, 0.2) is 23.1 Å². The highest BCUT2D eigenvalue weighted by Gasteiger charge is 2.36. The van der Waals surface area contributed by atoms with E-state index in [1.54, 1.807) is 13.0 Å². The number of likely N-dealkylation sites (tertiary alicyclic amines) is 1. The Morgan fingerprint density at radius 3 is 2.50 bits per heavy atom. The van der Waals surface area contributed by atoms with Gasteiger partial charge in [0.2, 0.25) is 10.0 Å². The summed E-state index contributed by atoms with van der Waals surface area (Å²) in [6.45, 7) is 6.54. The third-order valence-corrected chi connectivity index (χ3v) is 4.83. The molecule has 2 rings (SSSR count). The fourth-order valence-electron chi connectivity index (χ4n) is 2.64. The normalized spacial score (nSPS) is 18.3. The van der Waals surface area contributed by atoms with Crippen LogP contribution in [0.3, 0.4) is 0 Å². The molecule has 2 N–H and O–H groups in total. The van der Waals surface area contributed by atoms with E-state index in [1.807, 2.05) is 18.7 Å². The lowest BCUT2D eigenvalue weighted by atomic mass is 10.0. The second-order valence-corrected chi connectivity index (χ2v) is 7.46. The minimum atomic E-state index is -3.80. The minimum absolute atomic E-state index is 0.0246. The van der Waals surface area contributed by atoms with E-state index in [1.165, 1.54) is 12.1 Å². The average Bonchev–Trinajstić information content (AvgIpc) is 2.67. The van der Waals surface area contributed by atoms with Gasteiger partial charge in [0.15, 0.2) is 0 Å².